The summed E-state index contributed by atoms with van der Waals surface area (Å²) in [5.74, 6) is -0.0304. The summed E-state index contributed by atoms with van der Waals surface area (Å²) in [4.78, 5) is 36.3. The number of nitrogens with two attached hydrogens (primary N) is 1. The van der Waals surface area contributed by atoms with E-state index in [0.717, 1.165) is 5.75 Å². The van der Waals surface area contributed by atoms with Crippen molar-refractivity contribution in [1.82, 2.24) is 10.2 Å². The van der Waals surface area contributed by atoms with Crippen molar-refractivity contribution in [2.24, 2.45) is 11.7 Å². The SMILES string of the molecule is COC(=O)C1CCN(C(=O)C(CCSC)NC(N)=O)C1. The molecule has 0 saturated carbocycles. The van der Waals surface area contributed by atoms with Crippen LogP contribution in [0.1, 0.15) is 12.8 Å². The number of urea groups is 1. The molecule has 0 radical (unpaired) electrons. The molecule has 0 bridgehead atoms. The van der Waals surface area contributed by atoms with E-state index in [0.29, 0.717) is 25.9 Å². The van der Waals surface area contributed by atoms with Gasteiger partial charge in [0.05, 0.1) is 13.0 Å². The van der Waals surface area contributed by atoms with Crippen molar-refractivity contribution in [2.45, 2.75) is 18.9 Å². The van der Waals surface area contributed by atoms with E-state index in [1.807, 2.05) is 6.26 Å². The number of primary amides is 1. The average Bonchev–Trinajstić information content (AvgIpc) is 2.91. The fourth-order valence-corrected chi connectivity index (χ4v) is 2.68. The van der Waals surface area contributed by atoms with Crippen LogP contribution in [0, 0.1) is 5.92 Å². The monoisotopic (exact) mass is 303 g/mol. The molecule has 1 fully saturated rings. The van der Waals surface area contributed by atoms with E-state index in [9.17, 15) is 14.4 Å². The molecule has 1 aliphatic heterocycles. The molecule has 3 amide bonds. The number of ether oxygens (including phenoxy) is 1. The van der Waals surface area contributed by atoms with Gasteiger partial charge in [-0.15, -0.1) is 0 Å². The maximum atomic E-state index is 12.3. The van der Waals surface area contributed by atoms with E-state index in [-0.39, 0.29) is 17.8 Å². The summed E-state index contributed by atoms with van der Waals surface area (Å²) in [6.45, 7) is 0.830. The molecule has 0 aromatic rings. The Kier molecular flexibility index (Phi) is 6.63. The Balaban J connectivity index is 2.61. The van der Waals surface area contributed by atoms with Gasteiger partial charge in [0, 0.05) is 13.1 Å². The van der Waals surface area contributed by atoms with Crippen LogP contribution in [0.4, 0.5) is 4.79 Å². The first-order valence-corrected chi connectivity index (χ1v) is 7.80. The Hall–Kier alpha value is -1.44. The van der Waals surface area contributed by atoms with Crippen LogP contribution in [-0.4, -0.2) is 61.1 Å². The molecule has 0 spiro atoms. The van der Waals surface area contributed by atoms with Crippen molar-refractivity contribution < 1.29 is 19.1 Å². The third kappa shape index (κ3) is 4.59. The van der Waals surface area contributed by atoms with E-state index in [2.05, 4.69) is 10.1 Å². The van der Waals surface area contributed by atoms with Crippen LogP contribution in [0.15, 0.2) is 0 Å². The highest BCUT2D eigenvalue weighted by atomic mass is 32.2. The molecule has 2 atom stereocenters. The number of hydrogen-bond acceptors (Lipinski definition) is 5. The van der Waals surface area contributed by atoms with Crippen molar-refractivity contribution >= 4 is 29.7 Å². The van der Waals surface area contributed by atoms with E-state index in [1.54, 1.807) is 16.7 Å². The van der Waals surface area contributed by atoms with Gasteiger partial charge in [-0.25, -0.2) is 4.79 Å². The predicted octanol–water partition coefficient (Wildman–Crippen LogP) is -0.202. The minimum Gasteiger partial charge on any atom is -0.469 e. The number of carbonyl (C=O) groups is 3. The minimum absolute atomic E-state index is 0.191. The van der Waals surface area contributed by atoms with Gasteiger partial charge in [0.25, 0.3) is 0 Å². The standard InChI is InChI=1S/C12H21N3O4S/c1-19-11(17)8-3-5-15(7-8)10(16)9(4-6-20-2)14-12(13)18/h8-9H,3-7H2,1-2H3,(H3,13,14,18). The Morgan fingerprint density at radius 2 is 2.20 bits per heavy atom. The first-order valence-electron chi connectivity index (χ1n) is 6.41. The van der Waals surface area contributed by atoms with Gasteiger partial charge in [-0.1, -0.05) is 0 Å². The van der Waals surface area contributed by atoms with Crippen LogP contribution in [0.25, 0.3) is 0 Å². The van der Waals surface area contributed by atoms with Gasteiger partial charge < -0.3 is 20.7 Å². The molecule has 2 unspecified atom stereocenters. The number of methoxy groups -OCH3 is 1. The highest BCUT2D eigenvalue weighted by Crippen LogP contribution is 2.19. The molecule has 1 aliphatic rings. The second-order valence-corrected chi connectivity index (χ2v) is 5.62. The second-order valence-electron chi connectivity index (χ2n) is 4.64. The summed E-state index contributed by atoms with van der Waals surface area (Å²) in [5, 5.41) is 2.47. The number of thioether (sulfide) groups is 1. The summed E-state index contributed by atoms with van der Waals surface area (Å²) in [5.41, 5.74) is 5.10. The van der Waals surface area contributed by atoms with Gasteiger partial charge in [-0.2, -0.15) is 11.8 Å². The van der Waals surface area contributed by atoms with Gasteiger partial charge in [0.2, 0.25) is 5.91 Å². The first kappa shape index (κ1) is 16.6. The summed E-state index contributed by atoms with van der Waals surface area (Å²) in [6.07, 6.45) is 3.03. The minimum atomic E-state index is -0.715. The molecule has 20 heavy (non-hydrogen) atoms. The molecular weight excluding hydrogens is 282 g/mol. The average molecular weight is 303 g/mol. The lowest BCUT2D eigenvalue weighted by molar-refractivity contribution is -0.145. The number of hydrogen-bond donors (Lipinski definition) is 2. The van der Waals surface area contributed by atoms with Gasteiger partial charge in [0.1, 0.15) is 6.04 Å². The number of likely N-dealkylation sites (tertiary alicyclic amines) is 1. The Morgan fingerprint density at radius 3 is 2.75 bits per heavy atom. The summed E-state index contributed by atoms with van der Waals surface area (Å²) in [6, 6.07) is -1.34. The van der Waals surface area contributed by atoms with Crippen molar-refractivity contribution in [3.8, 4) is 0 Å². The second kappa shape index (κ2) is 7.98. The van der Waals surface area contributed by atoms with Crippen molar-refractivity contribution in [3.63, 3.8) is 0 Å². The Morgan fingerprint density at radius 1 is 1.50 bits per heavy atom. The first-order chi connectivity index (χ1) is 9.49. The molecule has 0 aliphatic carbocycles. The number of rotatable bonds is 6. The normalized spacial score (nSPS) is 19.5. The van der Waals surface area contributed by atoms with Crippen molar-refractivity contribution in [2.75, 3.05) is 32.2 Å². The van der Waals surface area contributed by atoms with Crippen LogP contribution in [0.2, 0.25) is 0 Å². The Bertz CT molecular complexity index is 378. The molecule has 0 aromatic heterocycles. The molecule has 3 N–H and O–H groups in total. The molecule has 7 nitrogen and oxygen atoms in total. The molecular formula is C12H21N3O4S. The highest BCUT2D eigenvalue weighted by molar-refractivity contribution is 7.98. The van der Waals surface area contributed by atoms with Crippen molar-refractivity contribution in [3.05, 3.63) is 0 Å². The maximum Gasteiger partial charge on any atom is 0.312 e. The Labute approximate surface area is 122 Å². The van der Waals surface area contributed by atoms with E-state index in [1.165, 1.54) is 7.11 Å². The van der Waals surface area contributed by atoms with Crippen LogP contribution in [-0.2, 0) is 14.3 Å². The van der Waals surface area contributed by atoms with E-state index >= 15 is 0 Å². The zero-order valence-electron chi connectivity index (χ0n) is 11.8. The maximum absolute atomic E-state index is 12.3. The molecule has 114 valence electrons. The number of esters is 1. The molecule has 1 rings (SSSR count). The van der Waals surface area contributed by atoms with E-state index in [4.69, 9.17) is 5.73 Å². The highest BCUT2D eigenvalue weighted by Gasteiger charge is 2.34. The topological polar surface area (TPSA) is 102 Å². The summed E-state index contributed by atoms with van der Waals surface area (Å²) < 4.78 is 4.68. The lowest BCUT2D eigenvalue weighted by Gasteiger charge is -2.23. The van der Waals surface area contributed by atoms with Gasteiger partial charge in [-0.3, -0.25) is 9.59 Å². The zero-order chi connectivity index (χ0) is 15.1. The quantitative estimate of drug-likeness (QED) is 0.662. The van der Waals surface area contributed by atoms with E-state index < -0.39 is 12.1 Å². The van der Waals surface area contributed by atoms with Gasteiger partial charge in [0.15, 0.2) is 0 Å². The number of carbonyl (C=O) groups excluding carboxylic acids is 3. The fraction of sp³-hybridized carbons (Fsp3) is 0.750. The fourth-order valence-electron chi connectivity index (χ4n) is 2.20. The number of nitrogens with zero attached hydrogens (tertiary/aromatic N) is 1. The lowest BCUT2D eigenvalue weighted by atomic mass is 10.1. The van der Waals surface area contributed by atoms with Gasteiger partial charge >= 0.3 is 12.0 Å². The van der Waals surface area contributed by atoms with Crippen LogP contribution >= 0.6 is 11.8 Å². The smallest absolute Gasteiger partial charge is 0.312 e. The third-order valence-corrected chi connectivity index (χ3v) is 3.90. The largest absolute Gasteiger partial charge is 0.469 e. The molecule has 8 heteroatoms. The molecule has 0 aromatic carbocycles. The third-order valence-electron chi connectivity index (χ3n) is 3.26. The van der Waals surface area contributed by atoms with Crippen LogP contribution < -0.4 is 11.1 Å². The molecule has 1 saturated heterocycles. The molecule has 1 heterocycles. The van der Waals surface area contributed by atoms with Crippen LogP contribution in [0.5, 0.6) is 0 Å². The van der Waals surface area contributed by atoms with Crippen molar-refractivity contribution in [1.29, 1.82) is 0 Å². The van der Waals surface area contributed by atoms with Crippen LogP contribution in [0.3, 0.4) is 0 Å². The lowest BCUT2D eigenvalue weighted by Crippen LogP contribution is -2.50. The van der Waals surface area contributed by atoms with Gasteiger partial charge in [-0.05, 0) is 24.9 Å². The summed E-state index contributed by atoms with van der Waals surface area (Å²) >= 11 is 1.59. The summed E-state index contributed by atoms with van der Waals surface area (Å²) in [7, 11) is 1.34. The predicted molar refractivity (Wildman–Crippen MR) is 76.2 cm³/mol. The number of nitrogens with one attached hydrogen (secondary N) is 1. The zero-order valence-corrected chi connectivity index (χ0v) is 12.6. The number of amides is 3.